The molecule has 0 amide bonds. The van der Waals surface area contributed by atoms with Gasteiger partial charge in [-0.15, -0.1) is 18.2 Å². The molecule has 7 aromatic carbocycles. The van der Waals surface area contributed by atoms with Crippen LogP contribution in [-0.2, 0) is 20.1 Å². The molecule has 0 aliphatic rings. The Labute approximate surface area is 427 Å². The number of rotatable bonds is 9. The first kappa shape index (κ1) is 43.8. The molecule has 10 aromatic rings. The number of thiophene rings is 1. The Morgan fingerprint density at radius 1 is 0.691 bits per heavy atom. The van der Waals surface area contributed by atoms with Gasteiger partial charge in [-0.3, -0.25) is 4.98 Å². The van der Waals surface area contributed by atoms with Crippen LogP contribution in [0.2, 0.25) is 17.3 Å². The van der Waals surface area contributed by atoms with Gasteiger partial charge in [0.1, 0.15) is 5.82 Å². The summed E-state index contributed by atoms with van der Waals surface area (Å²) in [6.07, 6.45) is 1.91. The number of aromatic nitrogens is 3. The maximum atomic E-state index is 13.7. The molecule has 3 aromatic heterocycles. The van der Waals surface area contributed by atoms with E-state index in [0.717, 1.165) is 55.1 Å². The Bertz CT molecular complexity index is 3520. The largest absolute Gasteiger partial charge is 0 e. The fourth-order valence-electron chi connectivity index (χ4n) is 8.96. The van der Waals surface area contributed by atoms with Crippen molar-refractivity contribution in [1.29, 1.82) is 0 Å². The summed E-state index contributed by atoms with van der Waals surface area (Å²) >= 11 is -0.370. The van der Waals surface area contributed by atoms with Crippen LogP contribution in [0, 0.1) is 24.8 Å². The third-order valence-electron chi connectivity index (χ3n) is 12.5. The molecule has 0 spiro atoms. The van der Waals surface area contributed by atoms with E-state index in [9.17, 15) is 4.39 Å². The average Bonchev–Trinajstić information content (AvgIpc) is 3.92. The van der Waals surface area contributed by atoms with E-state index in [4.69, 9.17) is 10.5 Å². The molecule has 7 heteroatoms. The van der Waals surface area contributed by atoms with Crippen molar-refractivity contribution in [2.45, 2.75) is 83.4 Å². The van der Waals surface area contributed by atoms with Gasteiger partial charge >= 0.3 is 131 Å². The molecule has 0 aliphatic heterocycles. The summed E-state index contributed by atoms with van der Waals surface area (Å²) in [6, 6.07) is 54.8. The molecule has 0 unspecified atom stereocenters. The average molecular weight is 1150 g/mol. The summed E-state index contributed by atoms with van der Waals surface area (Å²) in [4.78, 5) is 9.91. The molecule has 3 heterocycles. The topological polar surface area (TPSA) is 30.7 Å². The molecular formula is C61H58FGeIrN3S-2. The predicted octanol–water partition coefficient (Wildman–Crippen LogP) is 17.1. The molecule has 0 saturated heterocycles. The summed E-state index contributed by atoms with van der Waals surface area (Å²) in [5.41, 5.74) is 14.2. The number of halogens is 1. The van der Waals surface area contributed by atoms with Crippen molar-refractivity contribution in [3.8, 4) is 50.6 Å². The van der Waals surface area contributed by atoms with Crippen molar-refractivity contribution in [2.75, 3.05) is 0 Å². The second-order valence-electron chi connectivity index (χ2n) is 19.2. The van der Waals surface area contributed by atoms with Crippen molar-refractivity contribution >= 4 is 60.2 Å². The summed E-state index contributed by atoms with van der Waals surface area (Å²) in [7, 11) is 0. The van der Waals surface area contributed by atoms with E-state index < -0.39 is 26.0 Å². The van der Waals surface area contributed by atoms with Crippen molar-refractivity contribution in [1.82, 2.24) is 14.5 Å². The Hall–Kier alpha value is -5.50. The van der Waals surface area contributed by atoms with Crippen LogP contribution in [0.3, 0.4) is 0 Å². The summed E-state index contributed by atoms with van der Waals surface area (Å²) in [5.74, 6) is 7.43. The third-order valence-corrected chi connectivity index (χ3v) is 17.9. The zero-order valence-corrected chi connectivity index (χ0v) is 45.4. The van der Waals surface area contributed by atoms with Gasteiger partial charge in [0.2, 0.25) is 0 Å². The number of hydrogen-bond donors (Lipinski definition) is 0. The molecule has 0 fully saturated rings. The third kappa shape index (κ3) is 9.85. The molecule has 0 atom stereocenters. The number of para-hydroxylation sites is 2. The second-order valence-corrected chi connectivity index (χ2v) is 30.8. The summed E-state index contributed by atoms with van der Waals surface area (Å²) < 4.78 is 50.4. The quantitative estimate of drug-likeness (QED) is 0.107. The van der Waals surface area contributed by atoms with E-state index in [-0.39, 0.29) is 43.3 Å². The molecule has 0 bridgehead atoms. The van der Waals surface area contributed by atoms with Crippen molar-refractivity contribution in [3.63, 3.8) is 0 Å². The predicted molar refractivity (Wildman–Crippen MR) is 288 cm³/mol. The van der Waals surface area contributed by atoms with Gasteiger partial charge in [-0.05, 0) is 97.8 Å². The molecule has 3 nitrogen and oxygen atoms in total. The normalized spacial score (nSPS) is 12.9. The van der Waals surface area contributed by atoms with Crippen LogP contribution in [0.4, 0.5) is 4.39 Å². The number of nitrogens with zero attached hydrogens (tertiary/aromatic N) is 3. The van der Waals surface area contributed by atoms with Crippen molar-refractivity contribution in [3.05, 3.63) is 192 Å². The first-order chi connectivity index (χ1) is 33.7. The summed E-state index contributed by atoms with van der Waals surface area (Å²) in [5, 5.41) is 2.39. The number of hydrogen-bond acceptors (Lipinski definition) is 3. The molecule has 0 N–H and O–H groups in total. The van der Waals surface area contributed by atoms with Crippen LogP contribution in [-0.4, -0.2) is 27.8 Å². The second kappa shape index (κ2) is 20.2. The van der Waals surface area contributed by atoms with Crippen molar-refractivity contribution < 1.29 is 30.0 Å². The Morgan fingerprint density at radius 2 is 1.37 bits per heavy atom. The van der Waals surface area contributed by atoms with E-state index >= 15 is 0 Å². The molecule has 68 heavy (non-hydrogen) atoms. The van der Waals surface area contributed by atoms with Crippen LogP contribution >= 0.6 is 11.3 Å². The van der Waals surface area contributed by atoms with Gasteiger partial charge in [-0.2, -0.15) is 11.3 Å². The smallest absolute Gasteiger partial charge is 0 e. The van der Waals surface area contributed by atoms with E-state index in [1.54, 1.807) is 23.5 Å². The fourth-order valence-corrected chi connectivity index (χ4v) is 13.5. The zero-order valence-electron chi connectivity index (χ0n) is 44.0. The minimum atomic E-state index is -2.14. The van der Waals surface area contributed by atoms with Crippen LogP contribution in [0.1, 0.15) is 87.0 Å². The van der Waals surface area contributed by atoms with Gasteiger partial charge in [0, 0.05) is 30.5 Å². The molecule has 0 saturated carbocycles. The molecule has 1 radical (unpaired) electrons. The standard InChI is InChI=1S/C43H34FN2S.C18H24GeN.Ir/c1-26(2)36-23-31(28-11-6-5-7-12-28)24-37(27(3)4)41(36)46-39-16-9-8-15-38(39)45-43(46)35-14-10-13-34-33-22-19-30(25-40(33)47-42(34)35)29-17-20-32(44)21-18-29;1-13(2)16-11-18(15-9-7-14(3)8-10-15)20-12-17(16)19(4,5)6;/h5-13,15-27H,1-4H3;7-9,11-13H,1-6H3;/q2*-1;/i;3D3,13D;. The van der Waals surface area contributed by atoms with E-state index in [0.29, 0.717) is 0 Å². The number of pyridine rings is 1. The maximum absolute atomic E-state index is 13.7. The minimum absolute atomic E-state index is 0. The first-order valence-corrected chi connectivity index (χ1v) is 31.2. The molecular weight excluding hydrogens is 1090 g/mol. The van der Waals surface area contributed by atoms with Gasteiger partial charge in [-0.1, -0.05) is 105 Å². The maximum Gasteiger partial charge on any atom is 0 e. The van der Waals surface area contributed by atoms with Crippen LogP contribution < -0.4 is 4.40 Å². The Balaban J connectivity index is 0.000000235. The number of benzene rings is 7. The van der Waals surface area contributed by atoms with Gasteiger partial charge in [0.05, 0.1) is 16.9 Å². The fraction of sp³-hybridized carbons (Fsp3) is 0.213. The van der Waals surface area contributed by atoms with Gasteiger partial charge < -0.3 is 4.57 Å². The van der Waals surface area contributed by atoms with E-state index in [1.165, 1.54) is 66.0 Å². The minimum Gasteiger partial charge on any atom is 0 e. The van der Waals surface area contributed by atoms with Crippen LogP contribution in [0.25, 0.3) is 81.8 Å². The molecule has 10 rings (SSSR count). The Morgan fingerprint density at radius 3 is 2.01 bits per heavy atom. The van der Waals surface area contributed by atoms with Crippen LogP contribution in [0.5, 0.6) is 0 Å². The number of imidazole rings is 1. The van der Waals surface area contributed by atoms with Crippen molar-refractivity contribution in [2.24, 2.45) is 0 Å². The van der Waals surface area contributed by atoms with E-state index in [2.05, 4.69) is 158 Å². The van der Waals surface area contributed by atoms with Gasteiger partial charge in [-0.25, -0.2) is 4.39 Å². The van der Waals surface area contributed by atoms with E-state index in [1.807, 2.05) is 44.3 Å². The van der Waals surface area contributed by atoms with Crippen LogP contribution in [0.15, 0.2) is 152 Å². The summed E-state index contributed by atoms with van der Waals surface area (Å²) in [6.45, 7) is 10.8. The molecule has 0 aliphatic carbocycles. The SMILES string of the molecule is CC(C)c1cc(-c2ccccc2)cc(C(C)C)c1-n1c(-c2[c-]ccc3c2sc2cc(-c4ccc(F)cc4)ccc23)nc2ccccc21.[2H]C([2H])([2H])c1c[c-]c(-c2cc(C([2H])(C)C)[c]([Ge]([CH3])([CH3])[CH3])cn2)cc1.[Ir]. The van der Waals surface area contributed by atoms with Gasteiger partial charge in [0.15, 0.2) is 0 Å². The number of fused-ring (bicyclic) bond motifs is 4. The number of aryl methyl sites for hydroxylation is 1. The Kier molecular flexibility index (Phi) is 13.0. The zero-order chi connectivity index (χ0) is 50.6. The monoisotopic (exact) mass is 1150 g/mol. The van der Waals surface area contributed by atoms with Gasteiger partial charge in [0.25, 0.3) is 0 Å². The molecule has 345 valence electrons. The first-order valence-electron chi connectivity index (χ1n) is 25.1.